The van der Waals surface area contributed by atoms with Gasteiger partial charge in [-0.05, 0) is 17.7 Å². The number of ether oxygens (including phenoxy) is 3. The topological polar surface area (TPSA) is 44.8 Å². The van der Waals surface area contributed by atoms with Crippen LogP contribution in [-0.2, 0) is 6.61 Å². The lowest BCUT2D eigenvalue weighted by Gasteiger charge is -2.13. The Hall–Kier alpha value is -2.56. The van der Waals surface area contributed by atoms with Gasteiger partial charge in [0.1, 0.15) is 29.7 Å². The molecular formula is C16H15FO4. The van der Waals surface area contributed by atoms with Gasteiger partial charge in [-0.2, -0.15) is 0 Å². The molecule has 0 N–H and O–H groups in total. The van der Waals surface area contributed by atoms with Gasteiger partial charge in [-0.3, -0.25) is 4.79 Å². The second-order valence-electron chi connectivity index (χ2n) is 4.27. The summed E-state index contributed by atoms with van der Waals surface area (Å²) in [5.74, 6) is 0.952. The monoisotopic (exact) mass is 290 g/mol. The molecule has 0 aliphatic carbocycles. The van der Waals surface area contributed by atoms with E-state index >= 15 is 0 Å². The summed E-state index contributed by atoms with van der Waals surface area (Å²) < 4.78 is 28.7. The average molecular weight is 290 g/mol. The van der Waals surface area contributed by atoms with Crippen LogP contribution in [0.5, 0.6) is 17.2 Å². The van der Waals surface area contributed by atoms with Crippen LogP contribution in [0.2, 0.25) is 0 Å². The van der Waals surface area contributed by atoms with E-state index < -0.39 is 0 Å². The lowest BCUT2D eigenvalue weighted by Crippen LogP contribution is -2.00. The molecule has 2 aromatic carbocycles. The van der Waals surface area contributed by atoms with Gasteiger partial charge in [0.2, 0.25) is 0 Å². The molecule has 2 aromatic rings. The number of methoxy groups -OCH3 is 2. The van der Waals surface area contributed by atoms with E-state index in [1.54, 1.807) is 24.3 Å². The Balaban J connectivity index is 2.20. The summed E-state index contributed by atoms with van der Waals surface area (Å²) in [5, 5.41) is 0. The zero-order chi connectivity index (χ0) is 15.2. The van der Waals surface area contributed by atoms with Crippen LogP contribution < -0.4 is 14.2 Å². The third-order valence-corrected chi connectivity index (χ3v) is 2.95. The van der Waals surface area contributed by atoms with E-state index in [0.717, 1.165) is 5.56 Å². The third kappa shape index (κ3) is 3.51. The molecule has 4 nitrogen and oxygen atoms in total. The van der Waals surface area contributed by atoms with Crippen LogP contribution in [0.4, 0.5) is 4.39 Å². The highest BCUT2D eigenvalue weighted by atomic mass is 19.1. The zero-order valence-corrected chi connectivity index (χ0v) is 11.8. The van der Waals surface area contributed by atoms with E-state index in [1.807, 2.05) is 0 Å². The summed E-state index contributed by atoms with van der Waals surface area (Å²) >= 11 is 0. The fraction of sp³-hybridized carbons (Fsp3) is 0.188. The molecule has 0 saturated carbocycles. The molecule has 110 valence electrons. The van der Waals surface area contributed by atoms with Crippen LogP contribution in [0.1, 0.15) is 15.9 Å². The summed E-state index contributed by atoms with van der Waals surface area (Å²) in [6, 6.07) is 9.24. The summed E-state index contributed by atoms with van der Waals surface area (Å²) in [6.45, 7) is 0.271. The van der Waals surface area contributed by atoms with E-state index in [0.29, 0.717) is 29.1 Å². The molecule has 0 amide bonds. The Bertz CT molecular complexity index is 598. The Morgan fingerprint density at radius 3 is 2.10 bits per heavy atom. The lowest BCUT2D eigenvalue weighted by molar-refractivity contribution is 0.111. The molecule has 0 aromatic heterocycles. The fourth-order valence-electron chi connectivity index (χ4n) is 1.86. The number of halogens is 1. The minimum absolute atomic E-state index is 0.271. The molecule has 21 heavy (non-hydrogen) atoms. The van der Waals surface area contributed by atoms with E-state index in [9.17, 15) is 9.18 Å². The molecule has 5 heteroatoms. The first kappa shape index (κ1) is 14.8. The zero-order valence-electron chi connectivity index (χ0n) is 11.8. The molecule has 0 heterocycles. The predicted molar refractivity (Wildman–Crippen MR) is 75.7 cm³/mol. The number of aldehydes is 1. The van der Waals surface area contributed by atoms with Gasteiger partial charge in [0.15, 0.2) is 6.29 Å². The Morgan fingerprint density at radius 1 is 1.05 bits per heavy atom. The number of carbonyl (C=O) groups is 1. The van der Waals surface area contributed by atoms with Gasteiger partial charge in [-0.25, -0.2) is 4.39 Å². The van der Waals surface area contributed by atoms with Gasteiger partial charge in [-0.15, -0.1) is 0 Å². The van der Waals surface area contributed by atoms with Gasteiger partial charge in [-0.1, -0.05) is 12.1 Å². The van der Waals surface area contributed by atoms with Crippen molar-refractivity contribution in [3.05, 3.63) is 53.3 Å². The number of carbonyl (C=O) groups excluding carboxylic acids is 1. The molecule has 0 bridgehead atoms. The minimum atomic E-state index is -0.294. The van der Waals surface area contributed by atoms with Crippen molar-refractivity contribution >= 4 is 6.29 Å². The number of hydrogen-bond donors (Lipinski definition) is 0. The van der Waals surface area contributed by atoms with Crippen LogP contribution in [0.15, 0.2) is 36.4 Å². The molecule has 0 unspecified atom stereocenters. The lowest BCUT2D eigenvalue weighted by atomic mass is 10.2. The second-order valence-corrected chi connectivity index (χ2v) is 4.27. The number of rotatable bonds is 6. The first-order chi connectivity index (χ1) is 10.2. The van der Waals surface area contributed by atoms with E-state index in [1.165, 1.54) is 26.4 Å². The normalized spacial score (nSPS) is 10.0. The van der Waals surface area contributed by atoms with E-state index in [4.69, 9.17) is 14.2 Å². The van der Waals surface area contributed by atoms with Crippen molar-refractivity contribution in [3.63, 3.8) is 0 Å². The first-order valence-corrected chi connectivity index (χ1v) is 6.26. The SMILES string of the molecule is COc1cc(OCc2ccc(F)cc2)cc(OC)c1C=O. The second kappa shape index (κ2) is 6.74. The van der Waals surface area contributed by atoms with Gasteiger partial charge < -0.3 is 14.2 Å². The Morgan fingerprint density at radius 2 is 1.62 bits per heavy atom. The maximum atomic E-state index is 12.8. The Kier molecular flexibility index (Phi) is 4.77. The molecule has 0 atom stereocenters. The predicted octanol–water partition coefficient (Wildman–Crippen LogP) is 3.23. The van der Waals surface area contributed by atoms with Crippen molar-refractivity contribution < 1.29 is 23.4 Å². The van der Waals surface area contributed by atoms with Crippen molar-refractivity contribution in [1.29, 1.82) is 0 Å². The maximum Gasteiger partial charge on any atom is 0.157 e. The van der Waals surface area contributed by atoms with E-state index in [-0.39, 0.29) is 12.4 Å². The Labute approximate surface area is 122 Å². The van der Waals surface area contributed by atoms with Gasteiger partial charge >= 0.3 is 0 Å². The van der Waals surface area contributed by atoms with Crippen molar-refractivity contribution in [2.24, 2.45) is 0 Å². The largest absolute Gasteiger partial charge is 0.496 e. The molecule has 2 rings (SSSR count). The smallest absolute Gasteiger partial charge is 0.157 e. The maximum absolute atomic E-state index is 12.8. The first-order valence-electron chi connectivity index (χ1n) is 6.26. The van der Waals surface area contributed by atoms with Crippen LogP contribution in [0.3, 0.4) is 0 Å². The van der Waals surface area contributed by atoms with Crippen molar-refractivity contribution in [3.8, 4) is 17.2 Å². The van der Waals surface area contributed by atoms with Gasteiger partial charge in [0.25, 0.3) is 0 Å². The molecule has 0 radical (unpaired) electrons. The van der Waals surface area contributed by atoms with Gasteiger partial charge in [0, 0.05) is 12.1 Å². The molecule has 0 fully saturated rings. The fourth-order valence-corrected chi connectivity index (χ4v) is 1.86. The van der Waals surface area contributed by atoms with Gasteiger partial charge in [0.05, 0.1) is 19.8 Å². The number of benzene rings is 2. The van der Waals surface area contributed by atoms with Crippen LogP contribution in [-0.4, -0.2) is 20.5 Å². The van der Waals surface area contributed by atoms with Crippen molar-refractivity contribution in [2.45, 2.75) is 6.61 Å². The summed E-state index contributed by atoms with van der Waals surface area (Å²) in [7, 11) is 2.93. The highest BCUT2D eigenvalue weighted by Gasteiger charge is 2.12. The molecular weight excluding hydrogens is 275 g/mol. The third-order valence-electron chi connectivity index (χ3n) is 2.95. The van der Waals surface area contributed by atoms with Crippen LogP contribution >= 0.6 is 0 Å². The molecule has 0 aliphatic rings. The summed E-state index contributed by atoms with van der Waals surface area (Å²) in [6.07, 6.45) is 0.668. The highest BCUT2D eigenvalue weighted by Crippen LogP contribution is 2.33. The average Bonchev–Trinajstić information content (AvgIpc) is 2.53. The highest BCUT2D eigenvalue weighted by molar-refractivity contribution is 5.84. The number of hydrogen-bond acceptors (Lipinski definition) is 4. The summed E-state index contributed by atoms with van der Waals surface area (Å²) in [4.78, 5) is 11.1. The quantitative estimate of drug-likeness (QED) is 0.766. The molecule has 0 aliphatic heterocycles. The molecule has 0 spiro atoms. The van der Waals surface area contributed by atoms with Crippen LogP contribution in [0.25, 0.3) is 0 Å². The summed E-state index contributed by atoms with van der Waals surface area (Å²) in [5.41, 5.74) is 1.16. The standard InChI is InChI=1S/C16H15FO4/c1-19-15-7-13(8-16(20-2)14(15)9-18)21-10-11-3-5-12(17)6-4-11/h3-9H,10H2,1-2H3. The van der Waals surface area contributed by atoms with E-state index in [2.05, 4.69) is 0 Å². The molecule has 0 saturated heterocycles. The van der Waals surface area contributed by atoms with Crippen molar-refractivity contribution in [2.75, 3.05) is 14.2 Å². The van der Waals surface area contributed by atoms with Crippen LogP contribution in [0, 0.1) is 5.82 Å². The minimum Gasteiger partial charge on any atom is -0.496 e. The van der Waals surface area contributed by atoms with Crippen molar-refractivity contribution in [1.82, 2.24) is 0 Å².